The smallest absolute Gasteiger partial charge is 0.340 e. The summed E-state index contributed by atoms with van der Waals surface area (Å²) in [5, 5.41) is 2.58. The van der Waals surface area contributed by atoms with Gasteiger partial charge in [0.05, 0.1) is 5.56 Å². The van der Waals surface area contributed by atoms with Gasteiger partial charge >= 0.3 is 5.97 Å². The number of fused-ring (bicyclic) bond motifs is 6. The highest BCUT2D eigenvalue weighted by Crippen LogP contribution is 2.55. The normalized spacial score (nSPS) is 15.2. The Hall–Kier alpha value is -3.60. The second-order valence-corrected chi connectivity index (χ2v) is 6.50. The number of hydrogen-bond acceptors (Lipinski definition) is 4. The fourth-order valence-corrected chi connectivity index (χ4v) is 3.91. The minimum absolute atomic E-state index is 0.251. The maximum absolute atomic E-state index is 12.8. The zero-order valence-electron chi connectivity index (χ0n) is 14.5. The van der Waals surface area contributed by atoms with Gasteiger partial charge in [-0.1, -0.05) is 42.5 Å². The molecular formula is C22H15NO4. The maximum atomic E-state index is 12.8. The standard InChI is InChI=1S/C22H15NO4/c1-23-20(24)13-10-11-15-14(12-13)21(25)27-22(15)16-6-2-4-8-18(16)26-19-9-5-3-7-17(19)22/h2-12H,1H3,(H,23,24). The van der Waals surface area contributed by atoms with Crippen molar-refractivity contribution in [2.24, 2.45) is 0 Å². The van der Waals surface area contributed by atoms with Gasteiger partial charge in [0.1, 0.15) is 11.5 Å². The van der Waals surface area contributed by atoms with Crippen LogP contribution in [-0.2, 0) is 10.3 Å². The first-order chi connectivity index (χ1) is 13.1. The van der Waals surface area contributed by atoms with Gasteiger partial charge in [-0.05, 0) is 24.3 Å². The number of carbonyl (C=O) groups excluding carboxylic acids is 2. The van der Waals surface area contributed by atoms with Crippen LogP contribution >= 0.6 is 0 Å². The Morgan fingerprint density at radius 1 is 0.889 bits per heavy atom. The lowest BCUT2D eigenvalue weighted by atomic mass is 9.77. The minimum atomic E-state index is -1.08. The fourth-order valence-electron chi connectivity index (χ4n) is 3.91. The highest BCUT2D eigenvalue weighted by Gasteiger charge is 2.53. The Morgan fingerprint density at radius 2 is 1.52 bits per heavy atom. The van der Waals surface area contributed by atoms with Gasteiger partial charge in [-0.3, -0.25) is 4.79 Å². The molecule has 1 amide bonds. The first-order valence-electron chi connectivity index (χ1n) is 8.62. The molecule has 3 aromatic rings. The van der Waals surface area contributed by atoms with Crippen LogP contribution in [0.3, 0.4) is 0 Å². The van der Waals surface area contributed by atoms with E-state index < -0.39 is 11.6 Å². The summed E-state index contributed by atoms with van der Waals surface area (Å²) < 4.78 is 12.1. The molecule has 3 aromatic carbocycles. The molecule has 27 heavy (non-hydrogen) atoms. The highest BCUT2D eigenvalue weighted by atomic mass is 16.6. The zero-order valence-corrected chi connectivity index (χ0v) is 14.5. The summed E-state index contributed by atoms with van der Waals surface area (Å²) in [7, 11) is 1.56. The van der Waals surface area contributed by atoms with E-state index >= 15 is 0 Å². The third kappa shape index (κ3) is 1.99. The van der Waals surface area contributed by atoms with E-state index in [1.807, 2.05) is 48.5 Å². The third-order valence-corrected chi connectivity index (χ3v) is 5.11. The fraction of sp³-hybridized carbons (Fsp3) is 0.0909. The SMILES string of the molecule is CNC(=O)c1ccc2c(c1)C(=O)OC21c2ccccc2Oc2ccccc21. The Labute approximate surface area is 155 Å². The molecule has 0 atom stereocenters. The molecule has 0 aromatic heterocycles. The second kappa shape index (κ2) is 5.45. The lowest BCUT2D eigenvalue weighted by molar-refractivity contribution is 0.0224. The molecule has 0 fully saturated rings. The zero-order chi connectivity index (χ0) is 18.6. The van der Waals surface area contributed by atoms with Gasteiger partial charge in [-0.25, -0.2) is 4.79 Å². The number of carbonyl (C=O) groups is 2. The first kappa shape index (κ1) is 15.6. The molecule has 5 rings (SSSR count). The Kier molecular flexibility index (Phi) is 3.15. The number of ether oxygens (including phenoxy) is 2. The number of hydrogen-bond donors (Lipinski definition) is 1. The van der Waals surface area contributed by atoms with Crippen LogP contribution in [0.2, 0.25) is 0 Å². The van der Waals surface area contributed by atoms with E-state index in [4.69, 9.17) is 9.47 Å². The van der Waals surface area contributed by atoms with E-state index in [1.165, 1.54) is 0 Å². The Morgan fingerprint density at radius 3 is 2.15 bits per heavy atom. The van der Waals surface area contributed by atoms with Crippen LogP contribution in [0.25, 0.3) is 0 Å². The largest absolute Gasteiger partial charge is 0.456 e. The quantitative estimate of drug-likeness (QED) is 0.676. The third-order valence-electron chi connectivity index (χ3n) is 5.11. The van der Waals surface area contributed by atoms with Crippen molar-refractivity contribution in [3.05, 3.63) is 94.5 Å². The van der Waals surface area contributed by atoms with Crippen LogP contribution in [0.4, 0.5) is 0 Å². The van der Waals surface area contributed by atoms with Crippen molar-refractivity contribution in [3.8, 4) is 11.5 Å². The van der Waals surface area contributed by atoms with Crippen molar-refractivity contribution in [2.75, 3.05) is 7.05 Å². The van der Waals surface area contributed by atoms with Gasteiger partial charge in [-0.2, -0.15) is 0 Å². The van der Waals surface area contributed by atoms with Crippen LogP contribution < -0.4 is 10.1 Å². The van der Waals surface area contributed by atoms with E-state index in [0.717, 1.165) is 11.1 Å². The van der Waals surface area contributed by atoms with Crippen molar-refractivity contribution in [1.29, 1.82) is 0 Å². The van der Waals surface area contributed by atoms with Crippen molar-refractivity contribution in [2.45, 2.75) is 5.60 Å². The predicted molar refractivity (Wildman–Crippen MR) is 98.1 cm³/mol. The Bertz CT molecular complexity index is 1070. The number of benzene rings is 3. The van der Waals surface area contributed by atoms with Crippen LogP contribution in [0, 0.1) is 0 Å². The summed E-state index contributed by atoms with van der Waals surface area (Å²) in [4.78, 5) is 24.8. The highest BCUT2D eigenvalue weighted by molar-refractivity contribution is 6.01. The number of esters is 1. The monoisotopic (exact) mass is 357 g/mol. The number of amides is 1. The molecular weight excluding hydrogens is 342 g/mol. The molecule has 0 radical (unpaired) electrons. The van der Waals surface area contributed by atoms with E-state index in [-0.39, 0.29) is 5.91 Å². The molecule has 0 bridgehead atoms. The molecule has 0 saturated heterocycles. The number of rotatable bonds is 1. The lowest BCUT2D eigenvalue weighted by Gasteiger charge is -2.36. The minimum Gasteiger partial charge on any atom is -0.456 e. The summed E-state index contributed by atoms with van der Waals surface area (Å²) in [6.45, 7) is 0. The molecule has 2 aliphatic heterocycles. The Balaban J connectivity index is 1.83. The maximum Gasteiger partial charge on any atom is 0.340 e. The molecule has 132 valence electrons. The van der Waals surface area contributed by atoms with Gasteiger partial charge < -0.3 is 14.8 Å². The van der Waals surface area contributed by atoms with Gasteiger partial charge in [-0.15, -0.1) is 0 Å². The topological polar surface area (TPSA) is 64.6 Å². The average Bonchev–Trinajstić information content (AvgIpc) is 3.00. The lowest BCUT2D eigenvalue weighted by Crippen LogP contribution is -2.32. The van der Waals surface area contributed by atoms with E-state index in [2.05, 4.69) is 5.32 Å². The molecule has 0 unspecified atom stereocenters. The molecule has 1 N–H and O–H groups in total. The predicted octanol–water partition coefficient (Wildman–Crippen LogP) is 3.61. The average molecular weight is 357 g/mol. The van der Waals surface area contributed by atoms with E-state index in [9.17, 15) is 9.59 Å². The summed E-state index contributed by atoms with van der Waals surface area (Å²) in [6, 6.07) is 20.2. The van der Waals surface area contributed by atoms with Crippen LogP contribution in [-0.4, -0.2) is 18.9 Å². The molecule has 0 saturated carbocycles. The molecule has 1 spiro atoms. The molecule has 2 heterocycles. The molecule has 5 heteroatoms. The summed E-state index contributed by atoms with van der Waals surface area (Å²) >= 11 is 0. The van der Waals surface area contributed by atoms with Gasteiger partial charge in [0.2, 0.25) is 0 Å². The van der Waals surface area contributed by atoms with Crippen molar-refractivity contribution in [3.63, 3.8) is 0 Å². The van der Waals surface area contributed by atoms with Crippen molar-refractivity contribution >= 4 is 11.9 Å². The van der Waals surface area contributed by atoms with Crippen molar-refractivity contribution in [1.82, 2.24) is 5.32 Å². The van der Waals surface area contributed by atoms with E-state index in [0.29, 0.717) is 28.2 Å². The van der Waals surface area contributed by atoms with Crippen LogP contribution in [0.1, 0.15) is 37.4 Å². The van der Waals surface area contributed by atoms with Crippen LogP contribution in [0.15, 0.2) is 66.7 Å². The molecule has 2 aliphatic rings. The molecule has 5 nitrogen and oxygen atoms in total. The van der Waals surface area contributed by atoms with Gasteiger partial charge in [0.25, 0.3) is 5.91 Å². The first-order valence-corrected chi connectivity index (χ1v) is 8.62. The van der Waals surface area contributed by atoms with Crippen LogP contribution in [0.5, 0.6) is 11.5 Å². The van der Waals surface area contributed by atoms with E-state index in [1.54, 1.807) is 25.2 Å². The van der Waals surface area contributed by atoms with Gasteiger partial charge in [0.15, 0.2) is 5.60 Å². The van der Waals surface area contributed by atoms with Crippen molar-refractivity contribution < 1.29 is 19.1 Å². The number of nitrogens with one attached hydrogen (secondary N) is 1. The summed E-state index contributed by atoms with van der Waals surface area (Å²) in [5.41, 5.74) is 1.97. The molecule has 0 aliphatic carbocycles. The summed E-state index contributed by atoms with van der Waals surface area (Å²) in [6.07, 6.45) is 0. The summed E-state index contributed by atoms with van der Waals surface area (Å²) in [5.74, 6) is 0.584. The number of para-hydroxylation sites is 2. The second-order valence-electron chi connectivity index (χ2n) is 6.50. The van der Waals surface area contributed by atoms with Gasteiger partial charge in [0, 0.05) is 29.3 Å².